The van der Waals surface area contributed by atoms with Crippen LogP contribution in [0, 0.1) is 0 Å². The first-order valence-electron chi connectivity index (χ1n) is 11.4. The summed E-state index contributed by atoms with van der Waals surface area (Å²) in [6, 6.07) is 28.8. The molecule has 3 N–H and O–H groups in total. The zero-order valence-electron chi connectivity index (χ0n) is 18.8. The third-order valence-corrected chi connectivity index (χ3v) is 6.09. The Morgan fingerprint density at radius 3 is 2.42 bits per heavy atom. The Kier molecular flexibility index (Phi) is 6.01. The zero-order chi connectivity index (χ0) is 22.6. The minimum Gasteiger partial charge on any atom is -0.495 e. The number of rotatable bonds is 8. The summed E-state index contributed by atoms with van der Waals surface area (Å²) >= 11 is 0. The summed E-state index contributed by atoms with van der Waals surface area (Å²) in [4.78, 5) is 3.67. The van der Waals surface area contributed by atoms with Crippen molar-refractivity contribution in [2.45, 2.75) is 19.3 Å². The molecule has 4 aromatic carbocycles. The molecule has 0 atom stereocenters. The molecule has 5 aromatic rings. The number of H-pyrrole nitrogens is 1. The summed E-state index contributed by atoms with van der Waals surface area (Å²) in [7, 11) is 1.74. The van der Waals surface area contributed by atoms with Crippen molar-refractivity contribution in [1.29, 1.82) is 0 Å². The van der Waals surface area contributed by atoms with Gasteiger partial charge in [-0.15, -0.1) is 0 Å². The summed E-state index contributed by atoms with van der Waals surface area (Å²) in [5.74, 6) is 2.54. The molecule has 0 saturated heterocycles. The smallest absolute Gasteiger partial charge is 0.136 e. The van der Waals surface area contributed by atoms with Crippen LogP contribution in [0.5, 0.6) is 17.2 Å². The lowest BCUT2D eigenvalue weighted by molar-refractivity contribution is 0.421. The molecular formula is C29H28N2O2. The van der Waals surface area contributed by atoms with Gasteiger partial charge >= 0.3 is 0 Å². The number of aryl methyl sites for hydroxylation is 1. The molecular weight excluding hydrogens is 408 g/mol. The van der Waals surface area contributed by atoms with Crippen LogP contribution in [-0.2, 0) is 6.42 Å². The van der Waals surface area contributed by atoms with Crippen molar-refractivity contribution in [3.05, 3.63) is 90.5 Å². The Morgan fingerprint density at radius 2 is 1.61 bits per heavy atom. The predicted molar refractivity (Wildman–Crippen MR) is 136 cm³/mol. The number of unbranched alkanes of at least 4 members (excludes halogenated alkanes) is 1. The molecule has 4 nitrogen and oxygen atoms in total. The first kappa shape index (κ1) is 21.1. The van der Waals surface area contributed by atoms with E-state index in [-0.39, 0.29) is 0 Å². The molecule has 5 rings (SSSR count). The van der Waals surface area contributed by atoms with E-state index < -0.39 is 0 Å². The lowest BCUT2D eigenvalue weighted by atomic mass is 9.97. The largest absolute Gasteiger partial charge is 0.495 e. The van der Waals surface area contributed by atoms with Crippen molar-refractivity contribution in [2.75, 3.05) is 13.7 Å². The predicted octanol–water partition coefficient (Wildman–Crippen LogP) is 7.07. The Balaban J connectivity index is 1.65. The number of hydrogen-bond acceptors (Lipinski definition) is 3. The van der Waals surface area contributed by atoms with Crippen LogP contribution >= 0.6 is 0 Å². The zero-order valence-corrected chi connectivity index (χ0v) is 18.8. The third-order valence-electron chi connectivity index (χ3n) is 6.09. The van der Waals surface area contributed by atoms with Crippen molar-refractivity contribution in [3.63, 3.8) is 0 Å². The van der Waals surface area contributed by atoms with Gasteiger partial charge in [0.2, 0.25) is 0 Å². The number of aromatic nitrogens is 1. The fourth-order valence-corrected chi connectivity index (χ4v) is 4.51. The molecule has 33 heavy (non-hydrogen) atoms. The highest BCUT2D eigenvalue weighted by Crippen LogP contribution is 2.41. The van der Waals surface area contributed by atoms with Crippen LogP contribution in [0.3, 0.4) is 0 Å². The molecule has 0 bridgehead atoms. The van der Waals surface area contributed by atoms with E-state index in [1.54, 1.807) is 7.11 Å². The van der Waals surface area contributed by atoms with Crippen molar-refractivity contribution in [3.8, 4) is 28.5 Å². The molecule has 166 valence electrons. The second kappa shape index (κ2) is 9.39. The molecule has 0 saturated carbocycles. The Bertz CT molecular complexity index is 1390. The number of hydrogen-bond donors (Lipinski definition) is 2. The second-order valence-corrected chi connectivity index (χ2v) is 8.21. The maximum Gasteiger partial charge on any atom is 0.136 e. The monoisotopic (exact) mass is 436 g/mol. The van der Waals surface area contributed by atoms with Gasteiger partial charge in [0.1, 0.15) is 17.2 Å². The van der Waals surface area contributed by atoms with Crippen molar-refractivity contribution in [1.82, 2.24) is 4.98 Å². The lowest BCUT2D eigenvalue weighted by Crippen LogP contribution is -1.99. The van der Waals surface area contributed by atoms with Gasteiger partial charge in [0.25, 0.3) is 0 Å². The van der Waals surface area contributed by atoms with Gasteiger partial charge in [-0.1, -0.05) is 48.5 Å². The molecule has 0 aliphatic rings. The minimum absolute atomic E-state index is 0.694. The molecule has 1 aromatic heterocycles. The van der Waals surface area contributed by atoms with Gasteiger partial charge in [0.15, 0.2) is 0 Å². The van der Waals surface area contributed by atoms with Gasteiger partial charge in [-0.25, -0.2) is 0 Å². The molecule has 0 radical (unpaired) electrons. The van der Waals surface area contributed by atoms with Gasteiger partial charge in [-0.05, 0) is 73.2 Å². The number of nitrogens with two attached hydrogens (primary N) is 1. The van der Waals surface area contributed by atoms with Crippen LogP contribution in [0.25, 0.3) is 32.9 Å². The molecule has 0 aliphatic heterocycles. The highest BCUT2D eigenvalue weighted by molar-refractivity contribution is 5.99. The maximum absolute atomic E-state index is 6.13. The fourth-order valence-electron chi connectivity index (χ4n) is 4.51. The Labute approximate surface area is 194 Å². The van der Waals surface area contributed by atoms with Crippen LogP contribution in [-0.4, -0.2) is 18.6 Å². The van der Waals surface area contributed by atoms with Gasteiger partial charge in [-0.2, -0.15) is 0 Å². The number of methoxy groups -OCH3 is 1. The summed E-state index contributed by atoms with van der Waals surface area (Å²) in [5.41, 5.74) is 10.3. The summed E-state index contributed by atoms with van der Waals surface area (Å²) in [5, 5.41) is 3.44. The van der Waals surface area contributed by atoms with E-state index in [0.717, 1.165) is 64.1 Å². The van der Waals surface area contributed by atoms with E-state index in [1.807, 2.05) is 36.4 Å². The average molecular weight is 437 g/mol. The third kappa shape index (κ3) is 4.18. The molecule has 0 spiro atoms. The quantitative estimate of drug-likeness (QED) is 0.256. The maximum atomic E-state index is 6.13. The van der Waals surface area contributed by atoms with Gasteiger partial charge < -0.3 is 20.2 Å². The van der Waals surface area contributed by atoms with Crippen molar-refractivity contribution in [2.24, 2.45) is 5.73 Å². The van der Waals surface area contributed by atoms with Crippen LogP contribution < -0.4 is 15.2 Å². The lowest BCUT2D eigenvalue weighted by Gasteiger charge is -2.13. The SMILES string of the molecule is COc1c(-c2[nH]c3ccc(Oc4ccccc4)cc3c2CCCCN)ccc2ccccc12. The van der Waals surface area contributed by atoms with E-state index >= 15 is 0 Å². The molecule has 0 unspecified atom stereocenters. The Morgan fingerprint density at radius 1 is 0.788 bits per heavy atom. The molecule has 0 aliphatic carbocycles. The van der Waals surface area contributed by atoms with Gasteiger partial charge in [0, 0.05) is 21.9 Å². The summed E-state index contributed by atoms with van der Waals surface area (Å²) in [6.07, 6.45) is 2.94. The molecule has 0 fully saturated rings. The number of fused-ring (bicyclic) bond motifs is 2. The highest BCUT2D eigenvalue weighted by atomic mass is 16.5. The van der Waals surface area contributed by atoms with E-state index in [2.05, 4.69) is 53.5 Å². The van der Waals surface area contributed by atoms with Crippen LogP contribution in [0.4, 0.5) is 0 Å². The van der Waals surface area contributed by atoms with Crippen molar-refractivity contribution >= 4 is 21.7 Å². The second-order valence-electron chi connectivity index (χ2n) is 8.21. The first-order chi connectivity index (χ1) is 16.3. The average Bonchev–Trinajstić information content (AvgIpc) is 3.21. The standard InChI is InChI=1S/C29H28N2O2/c1-32-29-23-12-6-5-9-20(23)14-16-25(29)28-24(13-7-8-18-30)26-19-22(15-17-27(26)31-28)33-21-10-3-2-4-11-21/h2-6,9-12,14-17,19,31H,7-8,13,18,30H2,1H3. The van der Waals surface area contributed by atoms with Crippen LogP contribution in [0.2, 0.25) is 0 Å². The van der Waals surface area contributed by atoms with Crippen LogP contribution in [0.1, 0.15) is 18.4 Å². The molecule has 0 amide bonds. The van der Waals surface area contributed by atoms with E-state index in [1.165, 1.54) is 10.9 Å². The van der Waals surface area contributed by atoms with Crippen molar-refractivity contribution < 1.29 is 9.47 Å². The van der Waals surface area contributed by atoms with E-state index in [0.29, 0.717) is 6.54 Å². The molecule has 1 heterocycles. The van der Waals surface area contributed by atoms with E-state index in [4.69, 9.17) is 15.2 Å². The summed E-state index contributed by atoms with van der Waals surface area (Å²) in [6.45, 7) is 0.694. The van der Waals surface area contributed by atoms with Crippen LogP contribution in [0.15, 0.2) is 84.9 Å². The van der Waals surface area contributed by atoms with Gasteiger partial charge in [0.05, 0.1) is 12.8 Å². The normalized spacial score (nSPS) is 11.2. The first-order valence-corrected chi connectivity index (χ1v) is 11.4. The molecule has 4 heteroatoms. The minimum atomic E-state index is 0.694. The number of para-hydroxylation sites is 1. The van der Waals surface area contributed by atoms with E-state index in [9.17, 15) is 0 Å². The number of nitrogens with one attached hydrogen (secondary N) is 1. The fraction of sp³-hybridized carbons (Fsp3) is 0.172. The Hall–Kier alpha value is -3.76. The number of benzene rings is 4. The number of ether oxygens (including phenoxy) is 2. The van der Waals surface area contributed by atoms with Gasteiger partial charge in [-0.3, -0.25) is 0 Å². The number of aromatic amines is 1. The topological polar surface area (TPSA) is 60.3 Å². The highest BCUT2D eigenvalue weighted by Gasteiger charge is 2.18. The summed E-state index contributed by atoms with van der Waals surface area (Å²) < 4.78 is 12.1.